The number of esters is 1. The van der Waals surface area contributed by atoms with Crippen molar-refractivity contribution >= 4 is 40.4 Å². The van der Waals surface area contributed by atoms with E-state index in [1.54, 1.807) is 48.7 Å². The highest BCUT2D eigenvalue weighted by atomic mass is 35.5. The molecule has 1 aromatic heterocycles. The molecule has 0 fully saturated rings. The lowest BCUT2D eigenvalue weighted by Gasteiger charge is -2.25. The van der Waals surface area contributed by atoms with Crippen LogP contribution in [0, 0.1) is 11.7 Å². The van der Waals surface area contributed by atoms with Crippen molar-refractivity contribution in [2.24, 2.45) is 16.8 Å². The highest BCUT2D eigenvalue weighted by Gasteiger charge is 2.31. The Hall–Kier alpha value is -3.81. The molecule has 0 radical (unpaired) electrons. The van der Waals surface area contributed by atoms with E-state index in [-0.39, 0.29) is 11.7 Å². The summed E-state index contributed by atoms with van der Waals surface area (Å²) in [6, 6.07) is 15.3. The average molecular weight is 489 g/mol. The lowest BCUT2D eigenvalue weighted by atomic mass is 9.80. The van der Waals surface area contributed by atoms with Gasteiger partial charge in [-0.15, -0.1) is 0 Å². The molecule has 3 aromatic rings. The van der Waals surface area contributed by atoms with Gasteiger partial charge in [0.05, 0.1) is 30.6 Å². The number of allylic oxidation sites excluding steroid dienone is 4. The highest BCUT2D eigenvalue weighted by Crippen LogP contribution is 2.41. The highest BCUT2D eigenvalue weighted by molar-refractivity contribution is 6.30. The van der Waals surface area contributed by atoms with Crippen LogP contribution in [0.25, 0.3) is 5.57 Å². The standard InChI is InChI=1S/C27H22ClFN4O2/c1-35-27(34)16-6-9-19(10-7-16)33(30)25-13-22-17(14-31-25)15-32-26(21-4-2-3-5-24(21)29)23-12-18(28)8-11-20(22)23/h2-11,13-14,23H,12,15,30H2,1H3. The van der Waals surface area contributed by atoms with Gasteiger partial charge < -0.3 is 4.74 Å². The third-order valence-corrected chi connectivity index (χ3v) is 6.49. The Balaban J connectivity index is 1.53. The Kier molecular flexibility index (Phi) is 6.19. The zero-order chi connectivity index (χ0) is 24.5. The molecule has 2 aromatic carbocycles. The second kappa shape index (κ2) is 9.44. The van der Waals surface area contributed by atoms with Crippen LogP contribution < -0.4 is 10.9 Å². The maximum atomic E-state index is 14.7. The van der Waals surface area contributed by atoms with Crippen LogP contribution in [0.1, 0.15) is 33.5 Å². The summed E-state index contributed by atoms with van der Waals surface area (Å²) in [4.78, 5) is 21.1. The van der Waals surface area contributed by atoms with E-state index in [0.717, 1.165) is 16.7 Å². The van der Waals surface area contributed by atoms with Crippen molar-refractivity contribution in [1.82, 2.24) is 4.98 Å². The van der Waals surface area contributed by atoms with Gasteiger partial charge in [-0.05, 0) is 65.6 Å². The first-order chi connectivity index (χ1) is 17.0. The van der Waals surface area contributed by atoms with E-state index in [0.29, 0.717) is 46.3 Å². The average Bonchev–Trinajstić information content (AvgIpc) is 3.04. The van der Waals surface area contributed by atoms with Crippen molar-refractivity contribution < 1.29 is 13.9 Å². The van der Waals surface area contributed by atoms with E-state index in [4.69, 9.17) is 27.2 Å². The van der Waals surface area contributed by atoms with E-state index in [9.17, 15) is 9.18 Å². The van der Waals surface area contributed by atoms with Crippen molar-refractivity contribution in [1.29, 1.82) is 0 Å². The van der Waals surface area contributed by atoms with E-state index in [2.05, 4.69) is 4.98 Å². The van der Waals surface area contributed by atoms with E-state index >= 15 is 0 Å². The van der Waals surface area contributed by atoms with Gasteiger partial charge in [-0.2, -0.15) is 0 Å². The summed E-state index contributed by atoms with van der Waals surface area (Å²) in [7, 11) is 1.34. The molecule has 2 aliphatic rings. The fourth-order valence-corrected chi connectivity index (χ4v) is 4.64. The monoisotopic (exact) mass is 488 g/mol. The number of ether oxygens (including phenoxy) is 1. The molecule has 1 aliphatic carbocycles. The predicted molar refractivity (Wildman–Crippen MR) is 135 cm³/mol. The Bertz CT molecular complexity index is 1400. The van der Waals surface area contributed by atoms with Gasteiger partial charge in [0.2, 0.25) is 0 Å². The Morgan fingerprint density at radius 1 is 1.14 bits per heavy atom. The number of anilines is 2. The van der Waals surface area contributed by atoms with Crippen molar-refractivity contribution in [2.75, 3.05) is 12.1 Å². The molecule has 0 saturated heterocycles. The molecule has 35 heavy (non-hydrogen) atoms. The number of carbonyl (C=O) groups excluding carboxylic acids is 1. The van der Waals surface area contributed by atoms with E-state index < -0.39 is 5.97 Å². The zero-order valence-corrected chi connectivity index (χ0v) is 19.7. The number of carbonyl (C=O) groups is 1. The summed E-state index contributed by atoms with van der Waals surface area (Å²) in [5, 5.41) is 2.14. The van der Waals surface area contributed by atoms with Crippen LogP contribution in [0.3, 0.4) is 0 Å². The molecule has 8 heteroatoms. The SMILES string of the molecule is COC(=O)c1ccc(N(N)c2cc3c(cn2)CN=C(c2ccccc2F)C2CC(Cl)=CC=C32)cc1. The van der Waals surface area contributed by atoms with E-state index in [1.807, 2.05) is 18.2 Å². The summed E-state index contributed by atoms with van der Waals surface area (Å²) in [6.45, 7) is 0.357. The maximum absolute atomic E-state index is 14.7. The Labute approximate surface area is 207 Å². The minimum Gasteiger partial charge on any atom is -0.465 e. The van der Waals surface area contributed by atoms with Gasteiger partial charge in [0.25, 0.3) is 0 Å². The molecular weight excluding hydrogens is 467 g/mol. The van der Waals surface area contributed by atoms with Crippen LogP contribution in [-0.4, -0.2) is 23.8 Å². The molecular formula is C27H22ClFN4O2. The van der Waals surface area contributed by atoms with Crippen LogP contribution >= 0.6 is 11.6 Å². The normalized spacial score (nSPS) is 16.7. The molecule has 5 rings (SSSR count). The molecule has 0 amide bonds. The third-order valence-electron chi connectivity index (χ3n) is 6.21. The topological polar surface area (TPSA) is 80.8 Å². The number of hydrazine groups is 1. The van der Waals surface area contributed by atoms with Gasteiger partial charge >= 0.3 is 5.97 Å². The van der Waals surface area contributed by atoms with Crippen LogP contribution in [0.15, 0.2) is 83.0 Å². The Morgan fingerprint density at radius 3 is 2.66 bits per heavy atom. The quantitative estimate of drug-likeness (QED) is 0.296. The molecule has 1 aliphatic heterocycles. The molecule has 2 heterocycles. The molecule has 0 saturated carbocycles. The number of methoxy groups -OCH3 is 1. The summed E-state index contributed by atoms with van der Waals surface area (Å²) >= 11 is 6.41. The van der Waals surface area contributed by atoms with Gasteiger partial charge in [0.1, 0.15) is 11.6 Å². The molecule has 2 N–H and O–H groups in total. The zero-order valence-electron chi connectivity index (χ0n) is 18.9. The first-order valence-corrected chi connectivity index (χ1v) is 11.4. The fraction of sp³-hybridized carbons (Fsp3) is 0.148. The van der Waals surface area contributed by atoms with Crippen molar-refractivity contribution in [3.63, 3.8) is 0 Å². The van der Waals surface area contributed by atoms with E-state index in [1.165, 1.54) is 18.2 Å². The number of halogens is 2. The number of pyridine rings is 1. The third kappa shape index (κ3) is 4.36. The first-order valence-electron chi connectivity index (χ1n) is 11.0. The summed E-state index contributed by atoms with van der Waals surface area (Å²) in [6.07, 6.45) is 6.11. The second-order valence-corrected chi connectivity index (χ2v) is 8.77. The minimum absolute atomic E-state index is 0.202. The fourth-order valence-electron chi connectivity index (χ4n) is 4.42. The summed E-state index contributed by atoms with van der Waals surface area (Å²) in [5.41, 5.74) is 5.06. The number of nitrogens with zero attached hydrogens (tertiary/aromatic N) is 3. The number of nitrogens with two attached hydrogens (primary N) is 1. The number of fused-ring (bicyclic) bond motifs is 3. The molecule has 1 atom stereocenters. The molecule has 0 spiro atoms. The van der Waals surface area contributed by atoms with Gasteiger partial charge in [0.15, 0.2) is 0 Å². The molecule has 1 unspecified atom stereocenters. The largest absolute Gasteiger partial charge is 0.465 e. The smallest absolute Gasteiger partial charge is 0.337 e. The van der Waals surface area contributed by atoms with Crippen LogP contribution in [0.4, 0.5) is 15.9 Å². The van der Waals surface area contributed by atoms with Crippen LogP contribution in [0.2, 0.25) is 0 Å². The number of hydrogen-bond donors (Lipinski definition) is 1. The lowest BCUT2D eigenvalue weighted by molar-refractivity contribution is 0.0600. The first kappa shape index (κ1) is 23.0. The predicted octanol–water partition coefficient (Wildman–Crippen LogP) is 5.55. The molecule has 176 valence electrons. The summed E-state index contributed by atoms with van der Waals surface area (Å²) < 4.78 is 19.5. The van der Waals surface area contributed by atoms with Gasteiger partial charge in [0, 0.05) is 22.7 Å². The maximum Gasteiger partial charge on any atom is 0.337 e. The van der Waals surface area contributed by atoms with Crippen molar-refractivity contribution in [2.45, 2.75) is 13.0 Å². The number of hydrogen-bond acceptors (Lipinski definition) is 6. The Morgan fingerprint density at radius 2 is 1.91 bits per heavy atom. The lowest BCUT2D eigenvalue weighted by Crippen LogP contribution is -2.26. The number of aromatic nitrogens is 1. The van der Waals surface area contributed by atoms with Gasteiger partial charge in [-0.1, -0.05) is 35.9 Å². The van der Waals surface area contributed by atoms with Crippen LogP contribution in [-0.2, 0) is 11.3 Å². The van der Waals surface area contributed by atoms with Crippen LogP contribution in [0.5, 0.6) is 0 Å². The van der Waals surface area contributed by atoms with Gasteiger partial charge in [-0.25, -0.2) is 20.0 Å². The molecule has 6 nitrogen and oxygen atoms in total. The van der Waals surface area contributed by atoms with Crippen molar-refractivity contribution in [3.05, 3.63) is 106 Å². The number of rotatable bonds is 4. The summed E-state index contributed by atoms with van der Waals surface area (Å²) in [5.74, 6) is 5.98. The van der Waals surface area contributed by atoms with Gasteiger partial charge in [-0.3, -0.25) is 10.0 Å². The molecule has 0 bridgehead atoms. The number of benzene rings is 2. The second-order valence-electron chi connectivity index (χ2n) is 8.28. The number of aliphatic imine (C=N–C) groups is 1. The minimum atomic E-state index is -0.420. The van der Waals surface area contributed by atoms with Crippen molar-refractivity contribution in [3.8, 4) is 0 Å².